The number of hydrogen-bond donors (Lipinski definition) is 3. The molecule has 9 nitrogen and oxygen atoms in total. The highest BCUT2D eigenvalue weighted by Gasteiger charge is 2.46. The smallest absolute Gasteiger partial charge is 0.365 e. The van der Waals surface area contributed by atoms with Crippen molar-refractivity contribution >= 4 is 27.2 Å². The molecule has 4 atom stereocenters. The van der Waals surface area contributed by atoms with Gasteiger partial charge in [-0.2, -0.15) is 23.5 Å². The van der Waals surface area contributed by atoms with E-state index in [1.54, 1.807) is 4.68 Å². The van der Waals surface area contributed by atoms with Gasteiger partial charge in [-0.15, -0.1) is 0 Å². The lowest BCUT2D eigenvalue weighted by molar-refractivity contribution is -0.0436. The number of rotatable bonds is 8. The lowest BCUT2D eigenvalue weighted by Gasteiger charge is -2.34. The van der Waals surface area contributed by atoms with E-state index < -0.39 is 26.1 Å². The molecule has 1 heterocycles. The Labute approximate surface area is 206 Å². The fourth-order valence-corrected chi connectivity index (χ4v) is 5.45. The molecule has 2 fully saturated rings. The number of primary amides is 1. The molecule has 36 heavy (non-hydrogen) atoms. The zero-order chi connectivity index (χ0) is 26.3. The van der Waals surface area contributed by atoms with Crippen LogP contribution in [0.4, 0.5) is 24.7 Å². The van der Waals surface area contributed by atoms with E-state index in [2.05, 4.69) is 28.7 Å². The maximum atomic E-state index is 12.8. The van der Waals surface area contributed by atoms with Crippen LogP contribution in [0, 0.1) is 23.2 Å². The van der Waals surface area contributed by atoms with Gasteiger partial charge in [-0.1, -0.05) is 0 Å². The van der Waals surface area contributed by atoms with Crippen molar-refractivity contribution in [3.05, 3.63) is 36.0 Å². The number of nitrogens with two attached hydrogens (primary N) is 1. The van der Waals surface area contributed by atoms with Gasteiger partial charge in [0.1, 0.15) is 5.56 Å². The van der Waals surface area contributed by atoms with Gasteiger partial charge in [-0.05, 0) is 69.2 Å². The molecule has 0 saturated heterocycles. The first kappa shape index (κ1) is 26.0. The summed E-state index contributed by atoms with van der Waals surface area (Å²) in [6.07, 6.45) is 6.06. The summed E-state index contributed by atoms with van der Waals surface area (Å²) < 4.78 is 63.0. The van der Waals surface area contributed by atoms with Crippen molar-refractivity contribution in [2.45, 2.75) is 67.6 Å². The number of nitrogens with one attached hydrogen (secondary N) is 2. The summed E-state index contributed by atoms with van der Waals surface area (Å²) in [6, 6.07) is 6.60. The van der Waals surface area contributed by atoms with Crippen molar-refractivity contribution in [2.24, 2.45) is 17.6 Å². The van der Waals surface area contributed by atoms with E-state index in [1.165, 1.54) is 19.0 Å². The van der Waals surface area contributed by atoms with Crippen LogP contribution in [0.1, 0.15) is 55.4 Å². The van der Waals surface area contributed by atoms with Gasteiger partial charge >= 0.3 is 5.51 Å². The molecule has 2 aliphatic rings. The molecule has 1 aromatic carbocycles. The molecule has 0 radical (unpaired) electrons. The molecule has 2 aliphatic carbocycles. The van der Waals surface area contributed by atoms with Crippen molar-refractivity contribution in [1.29, 1.82) is 5.26 Å². The third-order valence-corrected chi connectivity index (χ3v) is 8.38. The topological polar surface area (TPSA) is 143 Å². The molecule has 1 amide bonds. The first-order valence-electron chi connectivity index (χ1n) is 11.6. The Morgan fingerprint density at radius 3 is 2.44 bits per heavy atom. The first-order chi connectivity index (χ1) is 16.9. The van der Waals surface area contributed by atoms with Gasteiger partial charge in [0.15, 0.2) is 5.82 Å². The highest BCUT2D eigenvalue weighted by molar-refractivity contribution is 7.92. The molecular weight excluding hydrogens is 497 g/mol. The lowest BCUT2D eigenvalue weighted by atomic mass is 9.82. The van der Waals surface area contributed by atoms with Crippen LogP contribution in [0.15, 0.2) is 35.4 Å². The minimum atomic E-state index is -5.48. The zero-order valence-electron chi connectivity index (χ0n) is 19.5. The summed E-state index contributed by atoms with van der Waals surface area (Å²) in [6.45, 7) is 2.17. The normalized spacial score (nSPS) is 23.6. The van der Waals surface area contributed by atoms with Crippen LogP contribution in [0.3, 0.4) is 0 Å². The summed E-state index contributed by atoms with van der Waals surface area (Å²) in [5, 5.41) is 20.7. The molecule has 0 spiro atoms. The highest BCUT2D eigenvalue weighted by atomic mass is 32.2. The standard InChI is InChI=1S/C23H27F3N6O3S/c1-13(14-2-3-14)29-17-6-9-20(15(10-17)11-27)32-12-19(21(28)33)22(31-32)30-16-4-7-18(8-5-16)36(34,35)23(24,25)26/h4-5,7-8,12-15,17,20,29H,2-3,6,9-10H2,1H3,(H2,28,33)(H,30,31)/t13-,15-,17+,20+/m1/s1. The van der Waals surface area contributed by atoms with Crippen LogP contribution in [-0.2, 0) is 9.84 Å². The number of amides is 1. The summed E-state index contributed by atoms with van der Waals surface area (Å²) >= 11 is 0. The number of aromatic nitrogens is 2. The van der Waals surface area contributed by atoms with Gasteiger partial charge in [-0.3, -0.25) is 9.48 Å². The minimum Gasteiger partial charge on any atom is -0.365 e. The average Bonchev–Trinajstić information content (AvgIpc) is 3.59. The molecule has 0 bridgehead atoms. The molecule has 0 unspecified atom stereocenters. The Morgan fingerprint density at radius 2 is 1.89 bits per heavy atom. The van der Waals surface area contributed by atoms with Gasteiger partial charge in [0.2, 0.25) is 0 Å². The van der Waals surface area contributed by atoms with Crippen molar-refractivity contribution in [2.75, 3.05) is 5.32 Å². The van der Waals surface area contributed by atoms with E-state index in [0.717, 1.165) is 30.7 Å². The number of nitrogens with zero attached hydrogens (tertiary/aromatic N) is 3. The quantitative estimate of drug-likeness (QED) is 0.478. The molecule has 194 valence electrons. The summed E-state index contributed by atoms with van der Waals surface area (Å²) in [5.74, 6) is -0.359. The Kier molecular flexibility index (Phi) is 7.03. The number of nitriles is 1. The third kappa shape index (κ3) is 5.34. The van der Waals surface area contributed by atoms with Crippen LogP contribution in [-0.4, -0.2) is 41.7 Å². The van der Waals surface area contributed by atoms with Crippen molar-refractivity contribution in [3.63, 3.8) is 0 Å². The fraction of sp³-hybridized carbons (Fsp3) is 0.522. The minimum absolute atomic E-state index is 0.0429. The van der Waals surface area contributed by atoms with E-state index in [4.69, 9.17) is 5.73 Å². The van der Waals surface area contributed by atoms with E-state index in [0.29, 0.717) is 24.8 Å². The second-order valence-electron chi connectivity index (χ2n) is 9.44. The monoisotopic (exact) mass is 524 g/mol. The number of benzene rings is 1. The maximum Gasteiger partial charge on any atom is 0.501 e. The molecule has 4 rings (SSSR count). The van der Waals surface area contributed by atoms with E-state index in [9.17, 15) is 31.6 Å². The zero-order valence-corrected chi connectivity index (χ0v) is 20.3. The Bertz CT molecular complexity index is 1270. The van der Waals surface area contributed by atoms with Crippen LogP contribution in [0.5, 0.6) is 0 Å². The van der Waals surface area contributed by atoms with E-state index in [-0.39, 0.29) is 35.1 Å². The second kappa shape index (κ2) is 9.74. The number of anilines is 2. The van der Waals surface area contributed by atoms with E-state index in [1.807, 2.05) is 0 Å². The van der Waals surface area contributed by atoms with Gasteiger partial charge in [-0.25, -0.2) is 8.42 Å². The number of sulfone groups is 1. The first-order valence-corrected chi connectivity index (χ1v) is 13.1. The molecule has 4 N–H and O–H groups in total. The number of halogens is 3. The summed E-state index contributed by atoms with van der Waals surface area (Å²) in [7, 11) is -5.48. The average molecular weight is 525 g/mol. The van der Waals surface area contributed by atoms with Gasteiger partial charge in [0.05, 0.1) is 22.9 Å². The lowest BCUT2D eigenvalue weighted by Crippen LogP contribution is -2.43. The second-order valence-corrected chi connectivity index (χ2v) is 11.4. The predicted octanol–water partition coefficient (Wildman–Crippen LogP) is 3.64. The van der Waals surface area contributed by atoms with Crippen LogP contribution in [0.25, 0.3) is 0 Å². The van der Waals surface area contributed by atoms with Crippen LogP contribution >= 0.6 is 0 Å². The predicted molar refractivity (Wildman–Crippen MR) is 125 cm³/mol. The maximum absolute atomic E-state index is 12.8. The summed E-state index contributed by atoms with van der Waals surface area (Å²) in [5.41, 5.74) is 0.345. The van der Waals surface area contributed by atoms with Gasteiger partial charge < -0.3 is 16.4 Å². The summed E-state index contributed by atoms with van der Waals surface area (Å²) in [4.78, 5) is 11.1. The number of carbonyl (C=O) groups is 1. The number of carbonyl (C=O) groups excluding carboxylic acids is 1. The van der Waals surface area contributed by atoms with Crippen LogP contribution in [0.2, 0.25) is 0 Å². The number of hydrogen-bond acceptors (Lipinski definition) is 7. The fourth-order valence-electron chi connectivity index (χ4n) is 4.69. The Hall–Kier alpha value is -3.11. The highest BCUT2D eigenvalue weighted by Crippen LogP contribution is 2.37. The van der Waals surface area contributed by atoms with Gasteiger partial charge in [0, 0.05) is 24.0 Å². The van der Waals surface area contributed by atoms with Gasteiger partial charge in [0.25, 0.3) is 15.7 Å². The number of alkyl halides is 3. The van der Waals surface area contributed by atoms with Crippen LogP contribution < -0.4 is 16.4 Å². The molecule has 2 saturated carbocycles. The molecule has 1 aromatic heterocycles. The SMILES string of the molecule is C[C@@H](N[C@H]1CC[C@H](n2cc(C(N)=O)c(Nc3ccc(S(=O)(=O)C(F)(F)F)cc3)n2)[C@@H](C#N)C1)C1CC1. The molecule has 13 heteroatoms. The van der Waals surface area contributed by atoms with Crippen molar-refractivity contribution in [3.8, 4) is 6.07 Å². The third-order valence-electron chi connectivity index (χ3n) is 6.88. The molecule has 2 aromatic rings. The molecular formula is C23H27F3N6O3S. The van der Waals surface area contributed by atoms with E-state index >= 15 is 0 Å². The van der Waals surface area contributed by atoms with Crippen molar-refractivity contribution < 1.29 is 26.4 Å². The largest absolute Gasteiger partial charge is 0.501 e. The molecule has 0 aliphatic heterocycles. The Morgan fingerprint density at radius 1 is 1.22 bits per heavy atom. The Balaban J connectivity index is 1.51. The van der Waals surface area contributed by atoms with Crippen molar-refractivity contribution in [1.82, 2.24) is 15.1 Å².